The van der Waals surface area contributed by atoms with Crippen LogP contribution in [0.2, 0.25) is 0 Å². The summed E-state index contributed by atoms with van der Waals surface area (Å²) in [4.78, 5) is 24.7. The molecule has 0 radical (unpaired) electrons. The number of benzene rings is 1. The summed E-state index contributed by atoms with van der Waals surface area (Å²) in [6, 6.07) is 5.92. The van der Waals surface area contributed by atoms with Crippen LogP contribution in [0, 0.1) is 12.7 Å². The van der Waals surface area contributed by atoms with E-state index in [1.165, 1.54) is 0 Å². The molecule has 0 aliphatic rings. The summed E-state index contributed by atoms with van der Waals surface area (Å²) in [6.45, 7) is 5.47. The number of fused-ring (bicyclic) bond motifs is 1. The summed E-state index contributed by atoms with van der Waals surface area (Å²) in [5.41, 5.74) is 14.0. The van der Waals surface area contributed by atoms with E-state index >= 15 is 0 Å². The smallest absolute Gasteiger partial charge is 0.252 e. The maximum atomic E-state index is 14.4. The molecule has 0 aliphatic heterocycles. The van der Waals surface area contributed by atoms with Gasteiger partial charge in [0.2, 0.25) is 0 Å². The van der Waals surface area contributed by atoms with Crippen molar-refractivity contribution in [2.45, 2.75) is 32.9 Å². The fourth-order valence-electron chi connectivity index (χ4n) is 2.54. The van der Waals surface area contributed by atoms with E-state index in [0.29, 0.717) is 11.2 Å². The third-order valence-corrected chi connectivity index (χ3v) is 4.32. The van der Waals surface area contributed by atoms with Crippen molar-refractivity contribution in [2.24, 2.45) is 11.5 Å². The predicted molar refractivity (Wildman–Crippen MR) is 107 cm³/mol. The third kappa shape index (κ3) is 4.15. The van der Waals surface area contributed by atoms with E-state index in [2.05, 4.69) is 25.6 Å². The number of amides is 1. The number of carbonyl (C=O) groups excluding carboxylic acids is 1. The molecule has 1 amide bonds. The first-order chi connectivity index (χ1) is 13.2. The number of aryl methyl sites for hydroxylation is 1. The summed E-state index contributed by atoms with van der Waals surface area (Å²) in [5.74, 6) is -1.37. The van der Waals surface area contributed by atoms with Gasteiger partial charge in [0.25, 0.3) is 5.91 Å². The lowest BCUT2D eigenvalue weighted by atomic mass is 10.1. The van der Waals surface area contributed by atoms with E-state index in [1.54, 1.807) is 31.3 Å². The zero-order chi connectivity index (χ0) is 20.4. The molecule has 2 atom stereocenters. The third-order valence-electron chi connectivity index (χ3n) is 4.32. The topological polar surface area (TPSA) is 132 Å². The Labute approximate surface area is 161 Å². The SMILES string of the molecule is Cc1cnc2cc(Nc3nc(N[C@H](C)[C@H](C)N)c(F)cc3C(N)=O)ccc2n1. The van der Waals surface area contributed by atoms with Gasteiger partial charge in [-0.2, -0.15) is 0 Å². The van der Waals surface area contributed by atoms with Crippen molar-refractivity contribution in [3.8, 4) is 0 Å². The number of primary amides is 1. The highest BCUT2D eigenvalue weighted by molar-refractivity contribution is 5.98. The van der Waals surface area contributed by atoms with Crippen molar-refractivity contribution in [2.75, 3.05) is 10.6 Å². The van der Waals surface area contributed by atoms with Crippen molar-refractivity contribution < 1.29 is 9.18 Å². The Bertz CT molecular complexity index is 1040. The highest BCUT2D eigenvalue weighted by Gasteiger charge is 2.18. The van der Waals surface area contributed by atoms with Crippen molar-refractivity contribution in [3.63, 3.8) is 0 Å². The number of carbonyl (C=O) groups is 1. The number of nitrogens with one attached hydrogen (secondary N) is 2. The summed E-state index contributed by atoms with van der Waals surface area (Å²) in [7, 11) is 0. The van der Waals surface area contributed by atoms with Gasteiger partial charge in [0, 0.05) is 24.0 Å². The van der Waals surface area contributed by atoms with Crippen LogP contribution in [0.4, 0.5) is 21.7 Å². The van der Waals surface area contributed by atoms with Crippen LogP contribution < -0.4 is 22.1 Å². The normalized spacial score (nSPS) is 13.2. The highest BCUT2D eigenvalue weighted by Crippen LogP contribution is 2.25. The molecule has 0 aliphatic carbocycles. The number of nitrogens with two attached hydrogens (primary N) is 2. The molecule has 2 heterocycles. The Hall–Kier alpha value is -3.33. The van der Waals surface area contributed by atoms with Gasteiger partial charge in [0.15, 0.2) is 11.6 Å². The number of rotatable bonds is 6. The molecular formula is C19H22FN7O. The average Bonchev–Trinajstić information content (AvgIpc) is 2.63. The molecule has 0 saturated heterocycles. The minimum Gasteiger partial charge on any atom is -0.365 e. The number of nitrogens with zero attached hydrogens (tertiary/aromatic N) is 3. The van der Waals surface area contributed by atoms with Crippen LogP contribution in [0.1, 0.15) is 29.9 Å². The zero-order valence-electron chi connectivity index (χ0n) is 15.8. The fourth-order valence-corrected chi connectivity index (χ4v) is 2.54. The Morgan fingerprint density at radius 2 is 1.89 bits per heavy atom. The van der Waals surface area contributed by atoms with Crippen molar-refractivity contribution in [1.29, 1.82) is 0 Å². The summed E-state index contributed by atoms with van der Waals surface area (Å²) >= 11 is 0. The molecule has 0 saturated carbocycles. The first kappa shape index (κ1) is 19.4. The molecule has 0 fully saturated rings. The fraction of sp³-hybridized carbons (Fsp3) is 0.263. The van der Waals surface area contributed by atoms with E-state index in [-0.39, 0.29) is 29.3 Å². The van der Waals surface area contributed by atoms with Crippen molar-refractivity contribution >= 4 is 34.3 Å². The standard InChI is InChI=1S/C19H22FN7O/c1-9-8-23-16-6-12(4-5-15(16)24-9)26-18-13(17(22)28)7-14(20)19(27-18)25-11(3)10(2)21/h4-8,10-11H,21H2,1-3H3,(H2,22,28)(H2,25,26,27)/t10-,11+/m0/s1. The van der Waals surface area contributed by atoms with E-state index in [9.17, 15) is 9.18 Å². The molecule has 3 aromatic rings. The van der Waals surface area contributed by atoms with Gasteiger partial charge in [-0.25, -0.2) is 14.4 Å². The van der Waals surface area contributed by atoms with Crippen LogP contribution in [-0.4, -0.2) is 32.9 Å². The molecule has 2 aromatic heterocycles. The van der Waals surface area contributed by atoms with Crippen molar-refractivity contribution in [3.05, 3.63) is 47.5 Å². The van der Waals surface area contributed by atoms with Crippen LogP contribution in [0.25, 0.3) is 11.0 Å². The number of pyridine rings is 1. The second-order valence-corrected chi connectivity index (χ2v) is 6.71. The molecule has 1 aromatic carbocycles. The van der Waals surface area contributed by atoms with Crippen LogP contribution in [0.3, 0.4) is 0 Å². The van der Waals surface area contributed by atoms with Crippen LogP contribution >= 0.6 is 0 Å². The quantitative estimate of drug-likeness (QED) is 0.514. The lowest BCUT2D eigenvalue weighted by Gasteiger charge is -2.20. The Kier molecular flexibility index (Phi) is 5.36. The van der Waals surface area contributed by atoms with Gasteiger partial charge in [0.05, 0.1) is 22.3 Å². The monoisotopic (exact) mass is 383 g/mol. The van der Waals surface area contributed by atoms with Gasteiger partial charge < -0.3 is 22.1 Å². The minimum atomic E-state index is -0.795. The predicted octanol–water partition coefficient (Wildman–Crippen LogP) is 2.46. The molecule has 0 bridgehead atoms. The molecule has 146 valence electrons. The number of hydrogen-bond acceptors (Lipinski definition) is 7. The van der Waals surface area contributed by atoms with Crippen LogP contribution in [-0.2, 0) is 0 Å². The summed E-state index contributed by atoms with van der Waals surface area (Å²) in [6.07, 6.45) is 1.66. The lowest BCUT2D eigenvalue weighted by Crippen LogP contribution is -2.35. The Balaban J connectivity index is 1.99. The molecule has 9 heteroatoms. The van der Waals surface area contributed by atoms with E-state index in [4.69, 9.17) is 11.5 Å². The van der Waals surface area contributed by atoms with Crippen LogP contribution in [0.5, 0.6) is 0 Å². The average molecular weight is 383 g/mol. The first-order valence-corrected chi connectivity index (χ1v) is 8.77. The second-order valence-electron chi connectivity index (χ2n) is 6.71. The molecule has 6 N–H and O–H groups in total. The largest absolute Gasteiger partial charge is 0.365 e. The number of aromatic nitrogens is 3. The first-order valence-electron chi connectivity index (χ1n) is 8.77. The Morgan fingerprint density at radius 3 is 2.57 bits per heavy atom. The van der Waals surface area contributed by atoms with Gasteiger partial charge in [-0.05, 0) is 45.0 Å². The molecule has 0 unspecified atom stereocenters. The number of anilines is 3. The molecular weight excluding hydrogens is 361 g/mol. The van der Waals surface area contributed by atoms with E-state index < -0.39 is 11.7 Å². The van der Waals surface area contributed by atoms with Crippen LogP contribution in [0.15, 0.2) is 30.5 Å². The molecule has 0 spiro atoms. The molecule has 3 rings (SSSR count). The van der Waals surface area contributed by atoms with E-state index in [1.807, 2.05) is 13.8 Å². The number of hydrogen-bond donors (Lipinski definition) is 4. The van der Waals surface area contributed by atoms with Crippen molar-refractivity contribution in [1.82, 2.24) is 15.0 Å². The van der Waals surface area contributed by atoms with Gasteiger partial charge in [0.1, 0.15) is 5.82 Å². The Morgan fingerprint density at radius 1 is 1.14 bits per heavy atom. The maximum absolute atomic E-state index is 14.4. The highest BCUT2D eigenvalue weighted by atomic mass is 19.1. The van der Waals surface area contributed by atoms with Gasteiger partial charge in [-0.3, -0.25) is 9.78 Å². The second kappa shape index (κ2) is 7.73. The van der Waals surface area contributed by atoms with Gasteiger partial charge >= 0.3 is 0 Å². The molecule has 28 heavy (non-hydrogen) atoms. The minimum absolute atomic E-state index is 0.0199. The molecule has 8 nitrogen and oxygen atoms in total. The maximum Gasteiger partial charge on any atom is 0.252 e. The summed E-state index contributed by atoms with van der Waals surface area (Å²) in [5, 5.41) is 5.93. The zero-order valence-corrected chi connectivity index (χ0v) is 15.8. The lowest BCUT2D eigenvalue weighted by molar-refractivity contribution is 0.100. The van der Waals surface area contributed by atoms with Gasteiger partial charge in [-0.15, -0.1) is 0 Å². The van der Waals surface area contributed by atoms with Gasteiger partial charge in [-0.1, -0.05) is 0 Å². The van der Waals surface area contributed by atoms with E-state index in [0.717, 1.165) is 17.3 Å². The number of halogens is 1. The summed E-state index contributed by atoms with van der Waals surface area (Å²) < 4.78 is 14.4.